The van der Waals surface area contributed by atoms with E-state index in [4.69, 9.17) is 17.4 Å². The molecule has 0 heterocycles. The Labute approximate surface area is 134 Å². The van der Waals surface area contributed by atoms with Gasteiger partial charge in [-0.15, -0.1) is 0 Å². The maximum Gasteiger partial charge on any atom is 0.490 e. The summed E-state index contributed by atoms with van der Waals surface area (Å²) in [7, 11) is -0.709. The molecule has 128 valence electrons. The van der Waals surface area contributed by atoms with Crippen LogP contribution in [-0.2, 0) is 17.4 Å². The van der Waals surface area contributed by atoms with Gasteiger partial charge in [0.15, 0.2) is 16.6 Å². The van der Waals surface area contributed by atoms with Crippen molar-refractivity contribution >= 4 is 25.4 Å². The highest BCUT2D eigenvalue weighted by Crippen LogP contribution is 2.31. The maximum absolute atomic E-state index is 6.41. The van der Waals surface area contributed by atoms with Crippen LogP contribution >= 0.6 is 0 Å². The Kier molecular flexibility index (Phi) is 7.50. The zero-order valence-electron chi connectivity index (χ0n) is 15.8. The maximum atomic E-state index is 6.41. The van der Waals surface area contributed by atoms with E-state index < -0.39 is 31.4 Å². The summed E-state index contributed by atoms with van der Waals surface area (Å²) in [6.07, 6.45) is 0.714. The van der Waals surface area contributed by atoms with Crippen LogP contribution in [0.25, 0.3) is 0 Å². The molecule has 2 unspecified atom stereocenters. The van der Waals surface area contributed by atoms with Crippen molar-refractivity contribution in [2.75, 3.05) is 21.2 Å². The molecule has 0 aliphatic carbocycles. The smallest absolute Gasteiger partial charge is 0.416 e. The molecule has 0 amide bonds. The summed E-state index contributed by atoms with van der Waals surface area (Å²) in [5.74, 6) is -0.791. The third-order valence-corrected chi connectivity index (χ3v) is 9.10. The third kappa shape index (κ3) is 7.51. The summed E-state index contributed by atoms with van der Waals surface area (Å²) in [6.45, 7) is 16.9. The van der Waals surface area contributed by atoms with E-state index in [2.05, 4.69) is 46.2 Å². The minimum atomic E-state index is -2.76. The molecule has 0 spiro atoms. The van der Waals surface area contributed by atoms with Crippen molar-refractivity contribution in [2.24, 2.45) is 0 Å². The number of rotatable bonds is 9. The Bertz CT molecular complexity index is 330. The average molecular weight is 354 g/mol. The molecule has 0 radical (unpaired) electrons. The first-order valence-corrected chi connectivity index (χ1v) is 16.6. The molecule has 0 N–H and O–H groups in total. The fourth-order valence-electron chi connectivity index (χ4n) is 2.09. The monoisotopic (exact) mass is 353 g/mol. The molecule has 2 atom stereocenters. The van der Waals surface area contributed by atoms with Crippen molar-refractivity contribution in [3.8, 4) is 0 Å². The van der Waals surface area contributed by atoms with E-state index in [1.165, 1.54) is 0 Å². The Morgan fingerprint density at radius 1 is 0.857 bits per heavy atom. The Hall–Kier alpha value is 0.451. The fourth-order valence-corrected chi connectivity index (χ4v) is 9.48. The lowest BCUT2D eigenvalue weighted by Crippen LogP contribution is -2.62. The molecule has 5 nitrogen and oxygen atoms in total. The molecular weight excluding hydrogens is 318 g/mol. The molecule has 0 aromatic rings. The summed E-state index contributed by atoms with van der Waals surface area (Å²) in [5.41, 5.74) is 0. The van der Waals surface area contributed by atoms with Crippen LogP contribution in [0, 0.1) is 0 Å². The van der Waals surface area contributed by atoms with E-state index >= 15 is 0 Å². The molecule has 0 aliphatic rings. The topological polar surface area (TPSA) is 40.2 Å². The quantitative estimate of drug-likeness (QED) is 0.468. The molecule has 0 saturated heterocycles. The number of hydrogen-bond acceptors (Lipinski definition) is 5. The van der Waals surface area contributed by atoms with Gasteiger partial charge in [-0.2, -0.15) is 0 Å². The first-order valence-electron chi connectivity index (χ1n) is 7.52. The Morgan fingerprint density at radius 2 is 1.33 bits per heavy atom. The average Bonchev–Trinajstić information content (AvgIpc) is 2.23. The van der Waals surface area contributed by atoms with Crippen LogP contribution in [0.4, 0.5) is 0 Å². The van der Waals surface area contributed by atoms with Gasteiger partial charge in [0.2, 0.25) is 5.91 Å². The van der Waals surface area contributed by atoms with Crippen molar-refractivity contribution in [1.82, 2.24) is 4.90 Å². The molecule has 21 heavy (non-hydrogen) atoms. The van der Waals surface area contributed by atoms with Crippen molar-refractivity contribution in [3.63, 3.8) is 0 Å². The van der Waals surface area contributed by atoms with E-state index in [1.54, 1.807) is 7.11 Å². The zero-order chi connectivity index (χ0) is 17.1. The van der Waals surface area contributed by atoms with Gasteiger partial charge in [0.1, 0.15) is 0 Å². The van der Waals surface area contributed by atoms with Gasteiger partial charge in [-0.1, -0.05) is 6.92 Å². The highest BCUT2D eigenvalue weighted by Gasteiger charge is 2.49. The molecule has 0 rings (SSSR count). The molecule has 0 aromatic heterocycles. The summed E-state index contributed by atoms with van der Waals surface area (Å²) in [5, 5.41) is 0. The van der Waals surface area contributed by atoms with Crippen LogP contribution in [-0.4, -0.2) is 57.5 Å². The lowest BCUT2D eigenvalue weighted by atomic mass is 10.3. The molecular formula is C13H35NO4Si3. The van der Waals surface area contributed by atoms with E-state index in [0.29, 0.717) is 6.42 Å². The first kappa shape index (κ1) is 21.5. The van der Waals surface area contributed by atoms with Gasteiger partial charge in [-0.05, 0) is 53.4 Å². The second-order valence-corrected chi connectivity index (χ2v) is 19.4. The van der Waals surface area contributed by atoms with E-state index in [9.17, 15) is 0 Å². The number of nitrogens with zero attached hydrogens (tertiary/aromatic N) is 1. The van der Waals surface area contributed by atoms with Crippen molar-refractivity contribution in [3.05, 3.63) is 0 Å². The van der Waals surface area contributed by atoms with E-state index in [-0.39, 0.29) is 0 Å². The predicted molar refractivity (Wildman–Crippen MR) is 95.3 cm³/mol. The minimum Gasteiger partial charge on any atom is -0.416 e. The normalized spacial score (nSPS) is 19.4. The lowest BCUT2D eigenvalue weighted by Gasteiger charge is -2.47. The second kappa shape index (κ2) is 7.35. The number of hydrogen-bond donors (Lipinski definition) is 0. The minimum absolute atomic E-state index is 0.714. The molecule has 0 saturated carbocycles. The molecule has 0 aromatic carbocycles. The van der Waals surface area contributed by atoms with Gasteiger partial charge in [0.25, 0.3) is 0 Å². The Morgan fingerprint density at radius 3 is 1.57 bits per heavy atom. The van der Waals surface area contributed by atoms with Gasteiger partial charge in [0.05, 0.1) is 0 Å². The summed E-state index contributed by atoms with van der Waals surface area (Å²) < 4.78 is 24.7. The van der Waals surface area contributed by atoms with Gasteiger partial charge in [-0.25, -0.2) is 0 Å². The van der Waals surface area contributed by atoms with E-state index in [1.807, 2.05) is 25.5 Å². The largest absolute Gasteiger partial charge is 0.490 e. The standard InChI is InChI=1S/C13H35NO4Si3/c1-12-13(14(2)3,16-19(5,6)7)17-21(11,15-4)18-20(8,9)10/h12H2,1-11H3. The highest BCUT2D eigenvalue weighted by molar-refractivity contribution is 6.79. The zero-order valence-corrected chi connectivity index (χ0v) is 18.8. The van der Waals surface area contributed by atoms with E-state index in [0.717, 1.165) is 0 Å². The van der Waals surface area contributed by atoms with Crippen LogP contribution in [0.3, 0.4) is 0 Å². The van der Waals surface area contributed by atoms with Crippen LogP contribution in [0.2, 0.25) is 45.8 Å². The first-order chi connectivity index (χ1) is 9.19. The van der Waals surface area contributed by atoms with Gasteiger partial charge in [0, 0.05) is 20.1 Å². The van der Waals surface area contributed by atoms with Crippen LogP contribution in [0.1, 0.15) is 13.3 Å². The van der Waals surface area contributed by atoms with Gasteiger partial charge >= 0.3 is 8.80 Å². The van der Waals surface area contributed by atoms with Crippen molar-refractivity contribution in [2.45, 2.75) is 65.1 Å². The molecule has 0 fully saturated rings. The molecule has 8 heteroatoms. The fraction of sp³-hybridized carbons (Fsp3) is 1.00. The predicted octanol–water partition coefficient (Wildman–Crippen LogP) is 3.55. The third-order valence-electron chi connectivity index (χ3n) is 2.80. The lowest BCUT2D eigenvalue weighted by molar-refractivity contribution is -0.236. The van der Waals surface area contributed by atoms with Crippen LogP contribution < -0.4 is 0 Å². The molecule has 0 aliphatic heterocycles. The van der Waals surface area contributed by atoms with Crippen LogP contribution in [0.5, 0.6) is 0 Å². The highest BCUT2D eigenvalue weighted by atomic mass is 28.5. The van der Waals surface area contributed by atoms with Crippen LogP contribution in [0.15, 0.2) is 0 Å². The van der Waals surface area contributed by atoms with Crippen molar-refractivity contribution < 1.29 is 17.4 Å². The SMILES string of the molecule is CCC(O[Si](C)(C)C)(O[Si](C)(OC)O[Si](C)(C)C)N(C)C. The van der Waals surface area contributed by atoms with Gasteiger partial charge < -0.3 is 17.4 Å². The summed E-state index contributed by atoms with van der Waals surface area (Å²) >= 11 is 0. The second-order valence-electron chi connectivity index (χ2n) is 7.56. The molecule has 0 bridgehead atoms. The van der Waals surface area contributed by atoms with Gasteiger partial charge in [-0.3, -0.25) is 4.90 Å². The Balaban J connectivity index is 5.45. The summed E-state index contributed by atoms with van der Waals surface area (Å²) in [4.78, 5) is 1.99. The summed E-state index contributed by atoms with van der Waals surface area (Å²) in [6, 6.07) is 0. The van der Waals surface area contributed by atoms with Crippen molar-refractivity contribution in [1.29, 1.82) is 0 Å².